The molecule has 0 saturated carbocycles. The maximum absolute atomic E-state index is 13.0. The molecule has 0 spiro atoms. The third-order valence-corrected chi connectivity index (χ3v) is 3.54. The number of carbonyl (C=O) groups is 1. The Kier molecular flexibility index (Phi) is 4.71. The number of morpholine rings is 1. The lowest BCUT2D eigenvalue weighted by Crippen LogP contribution is -2.44. The fraction of sp³-hybridized carbons (Fsp3) is 0.471. The molecule has 1 aliphatic heterocycles. The highest BCUT2D eigenvalue weighted by atomic mass is 19.1. The van der Waals surface area contributed by atoms with Gasteiger partial charge in [0.15, 0.2) is 6.10 Å². The van der Waals surface area contributed by atoms with Gasteiger partial charge in [0, 0.05) is 12.1 Å². The molecule has 0 radical (unpaired) electrons. The summed E-state index contributed by atoms with van der Waals surface area (Å²) < 4.78 is 29.3. The van der Waals surface area contributed by atoms with Crippen LogP contribution in [0.25, 0.3) is 11.4 Å². The minimum Gasteiger partial charge on any atom is -0.444 e. The second-order valence-electron chi connectivity index (χ2n) is 6.75. The van der Waals surface area contributed by atoms with E-state index in [9.17, 15) is 9.18 Å². The van der Waals surface area contributed by atoms with E-state index in [1.165, 1.54) is 12.1 Å². The Morgan fingerprint density at radius 2 is 2.04 bits per heavy atom. The van der Waals surface area contributed by atoms with Crippen molar-refractivity contribution in [1.82, 2.24) is 15.0 Å². The Balaban J connectivity index is 1.70. The Morgan fingerprint density at radius 1 is 1.32 bits per heavy atom. The van der Waals surface area contributed by atoms with Gasteiger partial charge in [-0.3, -0.25) is 0 Å². The summed E-state index contributed by atoms with van der Waals surface area (Å²) in [6, 6.07) is 5.79. The molecule has 1 atom stereocenters. The molecular formula is C17H20FN3O4. The first-order valence-corrected chi connectivity index (χ1v) is 8.01. The van der Waals surface area contributed by atoms with Gasteiger partial charge in [0.1, 0.15) is 11.4 Å². The first-order valence-electron chi connectivity index (χ1n) is 8.01. The Morgan fingerprint density at radius 3 is 2.72 bits per heavy atom. The molecule has 1 fully saturated rings. The molecule has 25 heavy (non-hydrogen) atoms. The van der Waals surface area contributed by atoms with Crippen molar-refractivity contribution in [2.75, 3.05) is 19.7 Å². The van der Waals surface area contributed by atoms with Gasteiger partial charge in [-0.15, -0.1) is 0 Å². The van der Waals surface area contributed by atoms with Gasteiger partial charge in [0.2, 0.25) is 5.82 Å². The van der Waals surface area contributed by atoms with E-state index in [0.29, 0.717) is 24.5 Å². The lowest BCUT2D eigenvalue weighted by atomic mass is 10.2. The normalized spacial score (nSPS) is 18.2. The molecule has 1 saturated heterocycles. The molecule has 1 amide bonds. The number of rotatable bonds is 2. The van der Waals surface area contributed by atoms with Crippen molar-refractivity contribution >= 4 is 6.09 Å². The summed E-state index contributed by atoms with van der Waals surface area (Å²) in [5.41, 5.74) is 0.0710. The maximum atomic E-state index is 13.0. The van der Waals surface area contributed by atoms with Crippen LogP contribution < -0.4 is 0 Å². The predicted octanol–water partition coefficient (Wildman–Crippen LogP) is 3.18. The topological polar surface area (TPSA) is 77.7 Å². The molecule has 0 bridgehead atoms. The van der Waals surface area contributed by atoms with E-state index in [4.69, 9.17) is 14.0 Å². The van der Waals surface area contributed by atoms with Crippen LogP contribution in [0, 0.1) is 5.82 Å². The van der Waals surface area contributed by atoms with Gasteiger partial charge in [-0.2, -0.15) is 4.98 Å². The van der Waals surface area contributed by atoms with E-state index in [1.54, 1.807) is 17.0 Å². The summed E-state index contributed by atoms with van der Waals surface area (Å²) in [6.45, 7) is 6.49. The van der Waals surface area contributed by atoms with Crippen LogP contribution in [0.3, 0.4) is 0 Å². The molecule has 134 valence electrons. The van der Waals surface area contributed by atoms with Crippen LogP contribution in [0.5, 0.6) is 0 Å². The molecule has 2 aromatic rings. The Bertz CT molecular complexity index is 739. The van der Waals surface area contributed by atoms with Gasteiger partial charge in [-0.1, -0.05) is 5.16 Å². The minimum absolute atomic E-state index is 0.264. The molecule has 1 aromatic carbocycles. The van der Waals surface area contributed by atoms with Crippen LogP contribution in [0.2, 0.25) is 0 Å². The zero-order chi connectivity index (χ0) is 18.0. The first-order chi connectivity index (χ1) is 11.8. The Hall–Kier alpha value is -2.48. The van der Waals surface area contributed by atoms with E-state index < -0.39 is 17.8 Å². The van der Waals surface area contributed by atoms with Crippen molar-refractivity contribution in [3.05, 3.63) is 36.0 Å². The number of halogens is 1. The maximum Gasteiger partial charge on any atom is 0.410 e. The lowest BCUT2D eigenvalue weighted by Gasteiger charge is -2.32. The van der Waals surface area contributed by atoms with Gasteiger partial charge in [-0.25, -0.2) is 9.18 Å². The number of hydrogen-bond donors (Lipinski definition) is 0. The number of benzene rings is 1. The van der Waals surface area contributed by atoms with Crippen molar-refractivity contribution in [1.29, 1.82) is 0 Å². The first kappa shape index (κ1) is 17.3. The van der Waals surface area contributed by atoms with E-state index in [-0.39, 0.29) is 18.3 Å². The number of ether oxygens (including phenoxy) is 2. The van der Waals surface area contributed by atoms with Crippen molar-refractivity contribution < 1.29 is 23.2 Å². The van der Waals surface area contributed by atoms with E-state index in [0.717, 1.165) is 0 Å². The summed E-state index contributed by atoms with van der Waals surface area (Å²) in [5.74, 6) is 0.275. The van der Waals surface area contributed by atoms with Gasteiger partial charge >= 0.3 is 6.09 Å². The minimum atomic E-state index is -0.564. The second kappa shape index (κ2) is 6.79. The van der Waals surface area contributed by atoms with Crippen LogP contribution in [0.4, 0.5) is 9.18 Å². The average Bonchev–Trinajstić information content (AvgIpc) is 3.04. The van der Waals surface area contributed by atoms with Gasteiger partial charge in [0.05, 0.1) is 13.2 Å². The summed E-state index contributed by atoms with van der Waals surface area (Å²) >= 11 is 0. The van der Waals surface area contributed by atoms with Crippen LogP contribution in [0.1, 0.15) is 32.8 Å². The molecule has 0 aliphatic carbocycles. The van der Waals surface area contributed by atoms with E-state index >= 15 is 0 Å². The Labute approximate surface area is 144 Å². The second-order valence-corrected chi connectivity index (χ2v) is 6.75. The molecular weight excluding hydrogens is 329 g/mol. The summed E-state index contributed by atoms with van der Waals surface area (Å²) in [6.07, 6.45) is -0.929. The van der Waals surface area contributed by atoms with Crippen LogP contribution >= 0.6 is 0 Å². The van der Waals surface area contributed by atoms with Gasteiger partial charge in [0.25, 0.3) is 5.89 Å². The van der Waals surface area contributed by atoms with Crippen LogP contribution in [0.15, 0.2) is 28.8 Å². The summed E-state index contributed by atoms with van der Waals surface area (Å²) in [7, 11) is 0. The largest absolute Gasteiger partial charge is 0.444 e. The van der Waals surface area contributed by atoms with Crippen LogP contribution in [-0.2, 0) is 9.47 Å². The number of aromatic nitrogens is 2. The number of nitrogens with zero attached hydrogens (tertiary/aromatic N) is 3. The van der Waals surface area contributed by atoms with Crippen LogP contribution in [-0.4, -0.2) is 46.4 Å². The molecule has 2 heterocycles. The predicted molar refractivity (Wildman–Crippen MR) is 86.2 cm³/mol. The summed E-state index contributed by atoms with van der Waals surface area (Å²) in [4.78, 5) is 18.1. The van der Waals surface area contributed by atoms with Crippen molar-refractivity contribution in [3.8, 4) is 11.4 Å². The standard InChI is InChI=1S/C17H20FN3O4/c1-17(2,3)24-16(22)21-8-9-23-13(10-21)15-19-14(20-25-15)11-4-6-12(18)7-5-11/h4-7,13H,8-10H2,1-3H3. The molecule has 1 aromatic heterocycles. The van der Waals surface area contributed by atoms with Gasteiger partial charge in [-0.05, 0) is 45.0 Å². The summed E-state index contributed by atoms with van der Waals surface area (Å²) in [5, 5.41) is 3.90. The van der Waals surface area contributed by atoms with Gasteiger partial charge < -0.3 is 18.9 Å². The molecule has 0 N–H and O–H groups in total. The third-order valence-electron chi connectivity index (χ3n) is 3.54. The number of amides is 1. The van der Waals surface area contributed by atoms with Crippen molar-refractivity contribution in [3.63, 3.8) is 0 Å². The van der Waals surface area contributed by atoms with Crippen molar-refractivity contribution in [2.24, 2.45) is 0 Å². The molecule has 1 unspecified atom stereocenters. The monoisotopic (exact) mass is 349 g/mol. The molecule has 8 heteroatoms. The molecule has 7 nitrogen and oxygen atoms in total. The highest BCUT2D eigenvalue weighted by Crippen LogP contribution is 2.25. The highest BCUT2D eigenvalue weighted by Gasteiger charge is 2.31. The number of hydrogen-bond acceptors (Lipinski definition) is 6. The SMILES string of the molecule is CC(C)(C)OC(=O)N1CCOC(c2nc(-c3ccc(F)cc3)no2)C1. The zero-order valence-corrected chi connectivity index (χ0v) is 14.4. The van der Waals surface area contributed by atoms with E-state index in [2.05, 4.69) is 10.1 Å². The fourth-order valence-electron chi connectivity index (χ4n) is 2.37. The lowest BCUT2D eigenvalue weighted by molar-refractivity contribution is -0.0536. The highest BCUT2D eigenvalue weighted by molar-refractivity contribution is 5.68. The van der Waals surface area contributed by atoms with E-state index in [1.807, 2.05) is 20.8 Å². The number of carbonyl (C=O) groups excluding carboxylic acids is 1. The fourth-order valence-corrected chi connectivity index (χ4v) is 2.37. The molecule has 3 rings (SSSR count). The third kappa shape index (κ3) is 4.33. The zero-order valence-electron chi connectivity index (χ0n) is 14.4. The average molecular weight is 349 g/mol. The molecule has 1 aliphatic rings. The van der Waals surface area contributed by atoms with Crippen molar-refractivity contribution in [2.45, 2.75) is 32.5 Å². The smallest absolute Gasteiger partial charge is 0.410 e. The quantitative estimate of drug-likeness (QED) is 0.829.